The van der Waals surface area contributed by atoms with Crippen LogP contribution in [-0.2, 0) is 0 Å². The monoisotopic (exact) mass is 680 g/mol. The molecule has 3 nitrogen and oxygen atoms in total. The van der Waals surface area contributed by atoms with Crippen LogP contribution in [0.5, 0.6) is 0 Å². The standard InChI is InChI=1S/C48H28N2OS/c1-3-11-33-25-35(23-17-29(33)9-1)42-28-41(49-48(50-42)36-24-18-30-10-2-4-12-34(30)26-36)32-21-19-31(20-22-32)39-27-40-37-13-5-7-15-43(37)51-46(40)45-38-14-6-8-16-44(38)52-47(39)45/h1-28H. The van der Waals surface area contributed by atoms with Crippen molar-refractivity contribution < 1.29 is 4.42 Å². The molecule has 11 rings (SSSR count). The van der Waals surface area contributed by atoms with Gasteiger partial charge < -0.3 is 4.42 Å². The van der Waals surface area contributed by atoms with E-state index in [2.05, 4.69) is 164 Å². The number of para-hydroxylation sites is 1. The van der Waals surface area contributed by atoms with Crippen molar-refractivity contribution in [3.8, 4) is 45.0 Å². The largest absolute Gasteiger partial charge is 0.455 e. The van der Waals surface area contributed by atoms with E-state index in [1.54, 1.807) is 0 Å². The van der Waals surface area contributed by atoms with Crippen molar-refractivity contribution >= 4 is 75.0 Å². The molecule has 0 radical (unpaired) electrons. The van der Waals surface area contributed by atoms with Crippen LogP contribution in [0.3, 0.4) is 0 Å². The number of nitrogens with zero attached hydrogens (tertiary/aromatic N) is 2. The number of fused-ring (bicyclic) bond motifs is 9. The van der Waals surface area contributed by atoms with Crippen LogP contribution in [-0.4, -0.2) is 9.97 Å². The third-order valence-corrected chi connectivity index (χ3v) is 11.5. The van der Waals surface area contributed by atoms with E-state index in [4.69, 9.17) is 14.4 Å². The summed E-state index contributed by atoms with van der Waals surface area (Å²) in [5.41, 5.74) is 9.11. The summed E-state index contributed by atoms with van der Waals surface area (Å²) in [7, 11) is 0. The van der Waals surface area contributed by atoms with Crippen LogP contribution in [0.25, 0.3) is 109 Å². The van der Waals surface area contributed by atoms with Gasteiger partial charge in [-0.05, 0) is 63.5 Å². The number of furan rings is 1. The van der Waals surface area contributed by atoms with Gasteiger partial charge in [-0.2, -0.15) is 0 Å². The first-order valence-corrected chi connectivity index (χ1v) is 18.3. The molecular weight excluding hydrogens is 653 g/mol. The quantitative estimate of drug-likeness (QED) is 0.186. The number of hydrogen-bond acceptors (Lipinski definition) is 4. The average Bonchev–Trinajstić information content (AvgIpc) is 3.79. The van der Waals surface area contributed by atoms with Gasteiger partial charge in [-0.1, -0.05) is 133 Å². The zero-order valence-corrected chi connectivity index (χ0v) is 28.7. The Labute approximate surface area is 303 Å². The maximum Gasteiger partial charge on any atom is 0.160 e. The van der Waals surface area contributed by atoms with Gasteiger partial charge in [-0.15, -0.1) is 11.3 Å². The Hall–Kier alpha value is -6.62. The molecule has 11 aromatic rings. The molecule has 0 fully saturated rings. The molecule has 4 heteroatoms. The van der Waals surface area contributed by atoms with Gasteiger partial charge in [0.2, 0.25) is 0 Å². The van der Waals surface area contributed by atoms with Gasteiger partial charge in [0.05, 0.1) is 11.4 Å². The lowest BCUT2D eigenvalue weighted by Gasteiger charge is -2.11. The van der Waals surface area contributed by atoms with Gasteiger partial charge in [0, 0.05) is 53.2 Å². The van der Waals surface area contributed by atoms with Crippen molar-refractivity contribution in [2.24, 2.45) is 0 Å². The normalized spacial score (nSPS) is 11.8. The lowest BCUT2D eigenvalue weighted by Crippen LogP contribution is -1.96. The Morgan fingerprint density at radius 2 is 1.00 bits per heavy atom. The molecule has 0 spiro atoms. The lowest BCUT2D eigenvalue weighted by molar-refractivity contribution is 0.673. The number of aromatic nitrogens is 2. The topological polar surface area (TPSA) is 38.9 Å². The second kappa shape index (κ2) is 11.5. The number of rotatable bonds is 4. The predicted molar refractivity (Wildman–Crippen MR) is 219 cm³/mol. The van der Waals surface area contributed by atoms with Gasteiger partial charge in [0.1, 0.15) is 11.2 Å². The van der Waals surface area contributed by atoms with Gasteiger partial charge in [0.25, 0.3) is 0 Å². The van der Waals surface area contributed by atoms with Crippen molar-refractivity contribution in [2.45, 2.75) is 0 Å². The zero-order chi connectivity index (χ0) is 34.2. The molecule has 0 atom stereocenters. The molecule has 8 aromatic carbocycles. The van der Waals surface area contributed by atoms with E-state index >= 15 is 0 Å². The Balaban J connectivity index is 1.08. The van der Waals surface area contributed by atoms with E-state index in [0.717, 1.165) is 55.6 Å². The highest BCUT2D eigenvalue weighted by Gasteiger charge is 2.19. The molecule has 0 unspecified atom stereocenters. The molecule has 242 valence electrons. The fraction of sp³-hybridized carbons (Fsp3) is 0. The molecule has 3 aromatic heterocycles. The minimum absolute atomic E-state index is 0.708. The molecule has 0 N–H and O–H groups in total. The first kappa shape index (κ1) is 29.1. The van der Waals surface area contributed by atoms with E-state index in [1.807, 2.05) is 17.4 Å². The molecular formula is C48H28N2OS. The third kappa shape index (κ3) is 4.65. The molecule has 0 amide bonds. The third-order valence-electron chi connectivity index (χ3n) is 10.3. The number of thiophene rings is 1. The van der Waals surface area contributed by atoms with Crippen molar-refractivity contribution in [3.05, 3.63) is 170 Å². The van der Waals surface area contributed by atoms with E-state index in [0.29, 0.717) is 5.82 Å². The minimum atomic E-state index is 0.708. The van der Waals surface area contributed by atoms with E-state index in [-0.39, 0.29) is 0 Å². The van der Waals surface area contributed by atoms with Crippen molar-refractivity contribution in [1.82, 2.24) is 9.97 Å². The van der Waals surface area contributed by atoms with Crippen LogP contribution in [0.4, 0.5) is 0 Å². The van der Waals surface area contributed by atoms with Crippen LogP contribution in [0, 0.1) is 0 Å². The van der Waals surface area contributed by atoms with Gasteiger partial charge in [0.15, 0.2) is 5.82 Å². The summed E-state index contributed by atoms with van der Waals surface area (Å²) in [5, 5.41) is 9.45. The van der Waals surface area contributed by atoms with Crippen LogP contribution < -0.4 is 0 Å². The van der Waals surface area contributed by atoms with Crippen LogP contribution >= 0.6 is 11.3 Å². The fourth-order valence-corrected chi connectivity index (χ4v) is 8.89. The summed E-state index contributed by atoms with van der Waals surface area (Å²) in [4.78, 5) is 10.4. The average molecular weight is 681 g/mol. The summed E-state index contributed by atoms with van der Waals surface area (Å²) in [6.45, 7) is 0. The first-order chi connectivity index (χ1) is 25.7. The molecule has 0 aliphatic heterocycles. The maximum atomic E-state index is 6.54. The summed E-state index contributed by atoms with van der Waals surface area (Å²) in [6, 6.07) is 60.2. The molecule has 0 aliphatic carbocycles. The van der Waals surface area contributed by atoms with Crippen molar-refractivity contribution in [1.29, 1.82) is 0 Å². The summed E-state index contributed by atoms with van der Waals surface area (Å²) in [6.07, 6.45) is 0. The van der Waals surface area contributed by atoms with E-state index < -0.39 is 0 Å². The molecule has 0 saturated carbocycles. The molecule has 52 heavy (non-hydrogen) atoms. The summed E-state index contributed by atoms with van der Waals surface area (Å²) >= 11 is 1.83. The molecule has 3 heterocycles. The van der Waals surface area contributed by atoms with E-state index in [1.165, 1.54) is 47.3 Å². The Bertz CT molecular complexity index is 3090. The fourth-order valence-electron chi connectivity index (χ4n) is 7.65. The first-order valence-electron chi connectivity index (χ1n) is 17.5. The van der Waals surface area contributed by atoms with Crippen LogP contribution in [0.15, 0.2) is 174 Å². The summed E-state index contributed by atoms with van der Waals surface area (Å²) in [5.74, 6) is 0.708. The van der Waals surface area contributed by atoms with Crippen molar-refractivity contribution in [3.63, 3.8) is 0 Å². The van der Waals surface area contributed by atoms with Gasteiger partial charge in [-0.25, -0.2) is 9.97 Å². The van der Waals surface area contributed by atoms with Gasteiger partial charge >= 0.3 is 0 Å². The van der Waals surface area contributed by atoms with Gasteiger partial charge in [-0.3, -0.25) is 0 Å². The summed E-state index contributed by atoms with van der Waals surface area (Å²) < 4.78 is 9.03. The van der Waals surface area contributed by atoms with Crippen molar-refractivity contribution in [2.75, 3.05) is 0 Å². The molecule has 0 bridgehead atoms. The highest BCUT2D eigenvalue weighted by atomic mass is 32.1. The van der Waals surface area contributed by atoms with Crippen LogP contribution in [0.1, 0.15) is 0 Å². The second-order valence-corrected chi connectivity index (χ2v) is 14.4. The lowest BCUT2D eigenvalue weighted by atomic mass is 9.97. The number of benzene rings is 8. The van der Waals surface area contributed by atoms with Crippen LogP contribution in [0.2, 0.25) is 0 Å². The number of hydrogen-bond donors (Lipinski definition) is 0. The predicted octanol–water partition coefficient (Wildman–Crippen LogP) is 13.7. The highest BCUT2D eigenvalue weighted by Crippen LogP contribution is 2.46. The Morgan fingerprint density at radius 3 is 1.77 bits per heavy atom. The molecule has 0 saturated heterocycles. The zero-order valence-electron chi connectivity index (χ0n) is 27.9. The SMILES string of the molecule is c1ccc2cc(-c3cc(-c4ccc(-c5cc6c7ccccc7oc6c6c5sc5ccccc56)cc4)nc(-c4ccc5ccccc5c4)n3)ccc2c1. The molecule has 0 aliphatic rings. The Kier molecular flexibility index (Phi) is 6.42. The second-order valence-electron chi connectivity index (χ2n) is 13.4. The minimum Gasteiger partial charge on any atom is -0.455 e. The Morgan fingerprint density at radius 1 is 0.423 bits per heavy atom. The maximum absolute atomic E-state index is 6.54. The van der Waals surface area contributed by atoms with E-state index in [9.17, 15) is 0 Å². The highest BCUT2D eigenvalue weighted by molar-refractivity contribution is 7.26. The smallest absolute Gasteiger partial charge is 0.160 e.